The van der Waals surface area contributed by atoms with Gasteiger partial charge >= 0.3 is 0 Å². The number of hydrogen-bond donors (Lipinski definition) is 3. The Morgan fingerprint density at radius 3 is 2.85 bits per heavy atom. The molecule has 0 spiro atoms. The Hall–Kier alpha value is -2.70. The Bertz CT molecular complexity index is 637. The van der Waals surface area contributed by atoms with Crippen molar-refractivity contribution < 1.29 is 14.6 Å². The first kappa shape index (κ1) is 13.7. The molecule has 106 valence electrons. The molecule has 1 amide bonds. The minimum Gasteiger partial charge on any atom is -0.504 e. The highest BCUT2D eigenvalue weighted by molar-refractivity contribution is 5.91. The van der Waals surface area contributed by atoms with E-state index >= 15 is 0 Å². The number of rotatable bonds is 5. The normalized spacial score (nSPS) is 10.3. The lowest BCUT2D eigenvalue weighted by Gasteiger charge is -2.07. The second kappa shape index (κ2) is 5.52. The molecule has 7 nitrogen and oxygen atoms in total. The molecule has 0 fully saturated rings. The van der Waals surface area contributed by atoms with E-state index in [1.807, 2.05) is 0 Å². The first-order chi connectivity index (χ1) is 9.51. The van der Waals surface area contributed by atoms with Crippen LogP contribution in [0.5, 0.6) is 11.5 Å². The highest BCUT2D eigenvalue weighted by Crippen LogP contribution is 2.26. The van der Waals surface area contributed by atoms with Gasteiger partial charge in [-0.25, -0.2) is 0 Å². The number of nitrogens with one attached hydrogen (secondary N) is 1. The van der Waals surface area contributed by atoms with Gasteiger partial charge in [0.15, 0.2) is 11.5 Å². The zero-order valence-electron chi connectivity index (χ0n) is 11.3. The maximum Gasteiger partial charge on any atom is 0.267 e. The summed E-state index contributed by atoms with van der Waals surface area (Å²) >= 11 is 0. The molecule has 0 saturated carbocycles. The van der Waals surface area contributed by atoms with E-state index in [1.54, 1.807) is 31.3 Å². The topological polar surface area (TPSA) is 102 Å². The average molecular weight is 276 g/mol. The second-order valence-corrected chi connectivity index (χ2v) is 4.26. The number of nitrogens with zero attached hydrogens (tertiary/aromatic N) is 2. The van der Waals surface area contributed by atoms with Gasteiger partial charge in [-0.2, -0.15) is 5.10 Å². The number of aryl methyl sites for hydroxylation is 1. The van der Waals surface area contributed by atoms with Crippen LogP contribution in [-0.4, -0.2) is 27.9 Å². The molecule has 0 aliphatic carbocycles. The lowest BCUT2D eigenvalue weighted by Crippen LogP contribution is -2.15. The molecular weight excluding hydrogens is 260 g/mol. The molecule has 7 heteroatoms. The van der Waals surface area contributed by atoms with Crippen LogP contribution in [0.1, 0.15) is 16.1 Å². The van der Waals surface area contributed by atoms with Gasteiger partial charge in [0, 0.05) is 19.7 Å². The molecule has 2 aromatic rings. The number of carbonyl (C=O) groups is 1. The molecule has 1 heterocycles. The molecule has 0 unspecified atom stereocenters. The van der Waals surface area contributed by atoms with Crippen molar-refractivity contribution in [3.05, 3.63) is 35.5 Å². The zero-order valence-corrected chi connectivity index (χ0v) is 11.3. The van der Waals surface area contributed by atoms with Crippen LogP contribution in [-0.2, 0) is 13.6 Å². The van der Waals surface area contributed by atoms with Crippen LogP contribution in [0.25, 0.3) is 0 Å². The number of nitrogens with two attached hydrogens (primary N) is 1. The molecule has 0 aliphatic heterocycles. The van der Waals surface area contributed by atoms with Crippen LogP contribution in [0, 0.1) is 0 Å². The molecule has 0 radical (unpaired) electrons. The summed E-state index contributed by atoms with van der Waals surface area (Å²) in [7, 11) is 3.14. The van der Waals surface area contributed by atoms with Gasteiger partial charge < -0.3 is 20.9 Å². The Morgan fingerprint density at radius 1 is 1.50 bits per heavy atom. The highest BCUT2D eigenvalue weighted by Gasteiger charge is 2.10. The van der Waals surface area contributed by atoms with Crippen LogP contribution < -0.4 is 15.8 Å². The molecule has 1 aromatic carbocycles. The third-order valence-electron chi connectivity index (χ3n) is 2.85. The maximum atomic E-state index is 11.1. The van der Waals surface area contributed by atoms with Gasteiger partial charge in [-0.1, -0.05) is 6.07 Å². The summed E-state index contributed by atoms with van der Waals surface area (Å²) in [5.74, 6) is 0.515. The number of benzene rings is 1. The number of phenols is 1. The summed E-state index contributed by atoms with van der Waals surface area (Å²) in [5, 5.41) is 16.7. The number of carbonyl (C=O) groups excluding carboxylic acids is 1. The number of ether oxygens (including phenoxy) is 1. The summed E-state index contributed by atoms with van der Waals surface area (Å²) in [6.07, 6.45) is 0. The number of aromatic hydroxyl groups is 1. The molecule has 0 bridgehead atoms. The van der Waals surface area contributed by atoms with Crippen molar-refractivity contribution in [1.29, 1.82) is 0 Å². The monoisotopic (exact) mass is 276 g/mol. The van der Waals surface area contributed by atoms with E-state index in [-0.39, 0.29) is 5.75 Å². The molecule has 20 heavy (non-hydrogen) atoms. The van der Waals surface area contributed by atoms with Crippen LogP contribution >= 0.6 is 0 Å². The van der Waals surface area contributed by atoms with Crippen LogP contribution in [0.3, 0.4) is 0 Å². The molecular formula is C13H16N4O3. The smallest absolute Gasteiger partial charge is 0.267 e. The van der Waals surface area contributed by atoms with Gasteiger partial charge in [0.2, 0.25) is 0 Å². The van der Waals surface area contributed by atoms with E-state index in [9.17, 15) is 9.90 Å². The number of anilines is 1. The standard InChI is InChI=1S/C13H16N4O3/c1-17-9(13(14)19)6-12(16-17)15-7-8-3-4-10(18)11(5-8)20-2/h3-6,18H,7H2,1-2H3,(H2,14,19)(H,15,16). The van der Waals surface area contributed by atoms with Gasteiger partial charge in [0.05, 0.1) is 7.11 Å². The van der Waals surface area contributed by atoms with Crippen molar-refractivity contribution in [2.75, 3.05) is 12.4 Å². The van der Waals surface area contributed by atoms with E-state index in [0.29, 0.717) is 23.8 Å². The predicted octanol–water partition coefficient (Wildman–Crippen LogP) is 0.845. The minimum absolute atomic E-state index is 0.0881. The van der Waals surface area contributed by atoms with Gasteiger partial charge in [0.1, 0.15) is 11.5 Å². The third kappa shape index (κ3) is 2.82. The number of primary amides is 1. The van der Waals surface area contributed by atoms with Gasteiger partial charge in [0.25, 0.3) is 5.91 Å². The molecule has 4 N–H and O–H groups in total. The third-order valence-corrected chi connectivity index (χ3v) is 2.85. The summed E-state index contributed by atoms with van der Waals surface area (Å²) in [5.41, 5.74) is 6.46. The number of aromatic nitrogens is 2. The predicted molar refractivity (Wildman–Crippen MR) is 73.7 cm³/mol. The first-order valence-electron chi connectivity index (χ1n) is 5.95. The molecule has 0 aliphatic rings. The van der Waals surface area contributed by atoms with Crippen molar-refractivity contribution in [1.82, 2.24) is 9.78 Å². The Morgan fingerprint density at radius 2 is 2.25 bits per heavy atom. The average Bonchev–Trinajstić information content (AvgIpc) is 2.79. The van der Waals surface area contributed by atoms with Crippen molar-refractivity contribution in [2.45, 2.75) is 6.54 Å². The van der Waals surface area contributed by atoms with Crippen molar-refractivity contribution in [2.24, 2.45) is 12.8 Å². The van der Waals surface area contributed by atoms with E-state index in [1.165, 1.54) is 11.8 Å². The van der Waals surface area contributed by atoms with Gasteiger partial charge in [-0.15, -0.1) is 0 Å². The van der Waals surface area contributed by atoms with Gasteiger partial charge in [-0.3, -0.25) is 9.48 Å². The van der Waals surface area contributed by atoms with Crippen molar-refractivity contribution in [3.63, 3.8) is 0 Å². The highest BCUT2D eigenvalue weighted by atomic mass is 16.5. The maximum absolute atomic E-state index is 11.1. The fourth-order valence-corrected chi connectivity index (χ4v) is 1.81. The van der Waals surface area contributed by atoms with Crippen LogP contribution in [0.2, 0.25) is 0 Å². The quantitative estimate of drug-likeness (QED) is 0.751. The van der Waals surface area contributed by atoms with Gasteiger partial charge in [-0.05, 0) is 17.7 Å². The van der Waals surface area contributed by atoms with Crippen LogP contribution in [0.4, 0.5) is 5.82 Å². The van der Waals surface area contributed by atoms with E-state index in [2.05, 4.69) is 10.4 Å². The number of methoxy groups -OCH3 is 1. The van der Waals surface area contributed by atoms with E-state index in [4.69, 9.17) is 10.5 Å². The lowest BCUT2D eigenvalue weighted by molar-refractivity contribution is 0.0991. The lowest BCUT2D eigenvalue weighted by atomic mass is 10.2. The van der Waals surface area contributed by atoms with E-state index in [0.717, 1.165) is 5.56 Å². The SMILES string of the molecule is COc1cc(CNc2cc(C(N)=O)n(C)n2)ccc1O. The fraction of sp³-hybridized carbons (Fsp3) is 0.231. The number of phenolic OH excluding ortho intramolecular Hbond substituents is 1. The first-order valence-corrected chi connectivity index (χ1v) is 5.95. The number of hydrogen-bond acceptors (Lipinski definition) is 5. The Balaban J connectivity index is 2.09. The zero-order chi connectivity index (χ0) is 14.7. The number of amides is 1. The molecule has 2 rings (SSSR count). The van der Waals surface area contributed by atoms with Crippen LogP contribution in [0.15, 0.2) is 24.3 Å². The fourth-order valence-electron chi connectivity index (χ4n) is 1.81. The Kier molecular flexibility index (Phi) is 3.79. The summed E-state index contributed by atoms with van der Waals surface area (Å²) in [6, 6.07) is 6.63. The minimum atomic E-state index is -0.528. The second-order valence-electron chi connectivity index (χ2n) is 4.26. The largest absolute Gasteiger partial charge is 0.504 e. The summed E-state index contributed by atoms with van der Waals surface area (Å²) in [6.45, 7) is 0.478. The molecule has 0 atom stereocenters. The Labute approximate surface area is 116 Å². The summed E-state index contributed by atoms with van der Waals surface area (Å²) < 4.78 is 6.45. The van der Waals surface area contributed by atoms with E-state index < -0.39 is 5.91 Å². The molecule has 1 aromatic heterocycles. The molecule has 0 saturated heterocycles. The summed E-state index contributed by atoms with van der Waals surface area (Å²) in [4.78, 5) is 11.1. The van der Waals surface area contributed by atoms with Crippen molar-refractivity contribution in [3.8, 4) is 11.5 Å². The van der Waals surface area contributed by atoms with Crippen molar-refractivity contribution >= 4 is 11.7 Å².